The summed E-state index contributed by atoms with van der Waals surface area (Å²) in [5.41, 5.74) is 8.46. The Bertz CT molecular complexity index is 1440. The smallest absolute Gasteiger partial charge is 0.121 e. The van der Waals surface area contributed by atoms with E-state index in [2.05, 4.69) is 80.8 Å². The lowest BCUT2D eigenvalue weighted by molar-refractivity contribution is 0.164. The van der Waals surface area contributed by atoms with Crippen LogP contribution in [0.3, 0.4) is 0 Å². The van der Waals surface area contributed by atoms with Gasteiger partial charge in [-0.1, -0.05) is 48.5 Å². The molecule has 6 heteroatoms. The van der Waals surface area contributed by atoms with E-state index in [0.717, 1.165) is 68.0 Å². The molecule has 5 aromatic rings. The van der Waals surface area contributed by atoms with E-state index in [-0.39, 0.29) is 0 Å². The summed E-state index contributed by atoms with van der Waals surface area (Å²) in [6.07, 6.45) is 8.20. The summed E-state index contributed by atoms with van der Waals surface area (Å²) < 4.78 is 0. The van der Waals surface area contributed by atoms with Crippen molar-refractivity contribution in [2.24, 2.45) is 0 Å². The Morgan fingerprint density at radius 2 is 1.76 bits per heavy atom. The zero-order valence-corrected chi connectivity index (χ0v) is 21.7. The number of benzene rings is 2. The van der Waals surface area contributed by atoms with Crippen molar-refractivity contribution < 1.29 is 0 Å². The summed E-state index contributed by atoms with van der Waals surface area (Å²) in [5.74, 6) is 1.02. The number of pyridine rings is 2. The highest BCUT2D eigenvalue weighted by molar-refractivity contribution is 5.74. The minimum Gasteiger partial charge on any atom is -0.341 e. The van der Waals surface area contributed by atoms with Gasteiger partial charge < -0.3 is 10.3 Å². The van der Waals surface area contributed by atoms with Crippen molar-refractivity contribution in [3.63, 3.8) is 0 Å². The highest BCUT2D eigenvalue weighted by Crippen LogP contribution is 2.34. The van der Waals surface area contributed by atoms with Gasteiger partial charge in [0, 0.05) is 32.0 Å². The monoisotopic (exact) mass is 502 g/mol. The standard InChI is InChI=1S/C32H34N6/c1-2-14-29-28(13-1)36-31(37-29)23-38(30-15-6-10-26-11-7-18-35-32(26)30)19-16-24-8-5-9-25(20-24)21-33-22-27-12-3-4-17-34-27/h1-5,7-9,11-14,17-18,20,30,33H,6,10,15-16,19,21-23H2,(H,36,37). The molecule has 6 rings (SSSR count). The summed E-state index contributed by atoms with van der Waals surface area (Å²) in [5, 5.41) is 3.52. The number of nitrogens with zero attached hydrogens (tertiary/aromatic N) is 4. The van der Waals surface area contributed by atoms with Crippen LogP contribution in [-0.2, 0) is 32.5 Å². The number of nitrogens with one attached hydrogen (secondary N) is 2. The maximum atomic E-state index is 4.90. The van der Waals surface area contributed by atoms with Crippen LogP contribution in [-0.4, -0.2) is 31.4 Å². The molecule has 6 nitrogen and oxygen atoms in total. The van der Waals surface area contributed by atoms with Gasteiger partial charge in [-0.2, -0.15) is 0 Å². The molecule has 0 saturated carbocycles. The highest BCUT2D eigenvalue weighted by atomic mass is 15.2. The minimum absolute atomic E-state index is 0.302. The Labute approximate surface area is 224 Å². The third-order valence-electron chi connectivity index (χ3n) is 7.44. The van der Waals surface area contributed by atoms with Crippen molar-refractivity contribution >= 4 is 11.0 Å². The number of aromatic nitrogens is 4. The molecule has 0 fully saturated rings. The third-order valence-corrected chi connectivity index (χ3v) is 7.44. The zero-order valence-electron chi connectivity index (χ0n) is 21.7. The molecule has 0 saturated heterocycles. The first kappa shape index (κ1) is 24.5. The van der Waals surface area contributed by atoms with E-state index in [4.69, 9.17) is 9.97 Å². The highest BCUT2D eigenvalue weighted by Gasteiger charge is 2.27. The van der Waals surface area contributed by atoms with E-state index in [1.807, 2.05) is 30.6 Å². The number of aryl methyl sites for hydroxylation is 1. The van der Waals surface area contributed by atoms with Gasteiger partial charge in [0.1, 0.15) is 5.82 Å². The normalized spacial score (nSPS) is 15.1. The van der Waals surface area contributed by atoms with Gasteiger partial charge in [-0.25, -0.2) is 4.98 Å². The molecular weight excluding hydrogens is 468 g/mol. The number of aromatic amines is 1. The van der Waals surface area contributed by atoms with Crippen LogP contribution < -0.4 is 5.32 Å². The van der Waals surface area contributed by atoms with Crippen molar-refractivity contribution in [2.75, 3.05) is 6.54 Å². The number of hydrogen-bond acceptors (Lipinski definition) is 5. The molecule has 3 aromatic heterocycles. The van der Waals surface area contributed by atoms with Gasteiger partial charge in [0.15, 0.2) is 0 Å². The van der Waals surface area contributed by atoms with Crippen LogP contribution in [0.25, 0.3) is 11.0 Å². The fraction of sp³-hybridized carbons (Fsp3) is 0.281. The summed E-state index contributed by atoms with van der Waals surface area (Å²) in [4.78, 5) is 20.3. The van der Waals surface area contributed by atoms with Crippen molar-refractivity contribution in [1.29, 1.82) is 0 Å². The molecule has 0 amide bonds. The Hall–Kier alpha value is -3.87. The molecule has 3 heterocycles. The fourth-order valence-corrected chi connectivity index (χ4v) is 5.56. The van der Waals surface area contributed by atoms with E-state index in [1.54, 1.807) is 0 Å². The minimum atomic E-state index is 0.302. The molecule has 1 aliphatic rings. The van der Waals surface area contributed by atoms with Gasteiger partial charge in [-0.05, 0) is 72.7 Å². The number of H-pyrrole nitrogens is 1. The van der Waals surface area contributed by atoms with Crippen LogP contribution in [0.1, 0.15) is 52.8 Å². The summed E-state index contributed by atoms with van der Waals surface area (Å²) in [6, 6.07) is 27.9. The zero-order chi connectivity index (χ0) is 25.6. The molecular formula is C32H34N6. The average molecular weight is 503 g/mol. The quantitative estimate of drug-likeness (QED) is 0.254. The largest absolute Gasteiger partial charge is 0.341 e. The molecule has 0 spiro atoms. The molecule has 0 aliphatic heterocycles. The third kappa shape index (κ3) is 5.82. The maximum Gasteiger partial charge on any atom is 0.121 e. The molecule has 38 heavy (non-hydrogen) atoms. The lowest BCUT2D eigenvalue weighted by atomic mass is 9.90. The molecule has 2 N–H and O–H groups in total. The van der Waals surface area contributed by atoms with Crippen molar-refractivity contribution in [2.45, 2.75) is 51.4 Å². The van der Waals surface area contributed by atoms with Crippen LogP contribution in [0.2, 0.25) is 0 Å². The predicted molar refractivity (Wildman–Crippen MR) is 151 cm³/mol. The Morgan fingerprint density at radius 1 is 0.868 bits per heavy atom. The number of rotatable bonds is 10. The number of hydrogen-bond donors (Lipinski definition) is 2. The number of para-hydroxylation sites is 2. The van der Waals surface area contributed by atoms with Crippen molar-refractivity contribution in [3.8, 4) is 0 Å². The van der Waals surface area contributed by atoms with Crippen LogP contribution in [0.5, 0.6) is 0 Å². The first-order chi connectivity index (χ1) is 18.8. The lowest BCUT2D eigenvalue weighted by Gasteiger charge is -2.34. The second kappa shape index (κ2) is 11.7. The first-order valence-corrected chi connectivity index (χ1v) is 13.6. The van der Waals surface area contributed by atoms with Crippen molar-refractivity contribution in [3.05, 3.63) is 125 Å². The van der Waals surface area contributed by atoms with E-state index >= 15 is 0 Å². The summed E-state index contributed by atoms with van der Waals surface area (Å²) in [7, 11) is 0. The maximum absolute atomic E-state index is 4.90. The van der Waals surface area contributed by atoms with Crippen LogP contribution in [0, 0.1) is 0 Å². The predicted octanol–water partition coefficient (Wildman–Crippen LogP) is 5.77. The molecule has 1 unspecified atom stereocenters. The van der Waals surface area contributed by atoms with Gasteiger partial charge in [0.2, 0.25) is 0 Å². The molecule has 192 valence electrons. The first-order valence-electron chi connectivity index (χ1n) is 13.6. The second-order valence-corrected chi connectivity index (χ2v) is 10.1. The SMILES string of the molecule is c1ccc(CNCc2cccc(CCN(Cc3nc4ccccc4[nH]3)C3CCCc4cccnc43)c2)nc1. The van der Waals surface area contributed by atoms with Gasteiger partial charge in [0.25, 0.3) is 0 Å². The van der Waals surface area contributed by atoms with E-state index < -0.39 is 0 Å². The molecule has 2 aromatic carbocycles. The average Bonchev–Trinajstić information content (AvgIpc) is 3.38. The van der Waals surface area contributed by atoms with Crippen LogP contribution in [0.4, 0.5) is 0 Å². The summed E-state index contributed by atoms with van der Waals surface area (Å²) in [6.45, 7) is 3.32. The Balaban J connectivity index is 1.17. The van der Waals surface area contributed by atoms with Crippen LogP contribution in [0.15, 0.2) is 91.3 Å². The van der Waals surface area contributed by atoms with Crippen LogP contribution >= 0.6 is 0 Å². The van der Waals surface area contributed by atoms with Gasteiger partial charge in [0.05, 0.1) is 35.0 Å². The van der Waals surface area contributed by atoms with Gasteiger partial charge >= 0.3 is 0 Å². The Kier molecular flexibility index (Phi) is 7.52. The lowest BCUT2D eigenvalue weighted by Crippen LogP contribution is -2.33. The van der Waals surface area contributed by atoms with E-state index in [0.29, 0.717) is 6.04 Å². The molecule has 1 aliphatic carbocycles. The van der Waals surface area contributed by atoms with Gasteiger partial charge in [-0.3, -0.25) is 14.9 Å². The van der Waals surface area contributed by atoms with E-state index in [1.165, 1.54) is 28.8 Å². The molecule has 0 radical (unpaired) electrons. The van der Waals surface area contributed by atoms with Gasteiger partial charge in [-0.15, -0.1) is 0 Å². The Morgan fingerprint density at radius 3 is 2.68 bits per heavy atom. The number of imidazole rings is 1. The number of fused-ring (bicyclic) bond motifs is 2. The second-order valence-electron chi connectivity index (χ2n) is 10.1. The fourth-order valence-electron chi connectivity index (χ4n) is 5.56. The van der Waals surface area contributed by atoms with E-state index in [9.17, 15) is 0 Å². The summed E-state index contributed by atoms with van der Waals surface area (Å²) >= 11 is 0. The molecule has 0 bridgehead atoms. The van der Waals surface area contributed by atoms with Crippen molar-refractivity contribution in [1.82, 2.24) is 30.2 Å². The topological polar surface area (TPSA) is 69.7 Å². The molecule has 1 atom stereocenters.